The largest absolute Gasteiger partial charge is 0.317 e. The molecule has 2 N–H and O–H groups in total. The van der Waals surface area contributed by atoms with E-state index in [1.54, 1.807) is 11.3 Å². The summed E-state index contributed by atoms with van der Waals surface area (Å²) in [4.78, 5) is 17.5. The van der Waals surface area contributed by atoms with Crippen molar-refractivity contribution in [2.75, 3.05) is 18.4 Å². The van der Waals surface area contributed by atoms with Crippen LogP contribution in [-0.2, 0) is 0 Å². The Morgan fingerprint density at radius 3 is 3.00 bits per heavy atom. The number of nitrogens with one attached hydrogen (secondary N) is 2. The molecule has 0 aromatic carbocycles. The zero-order chi connectivity index (χ0) is 13.1. The summed E-state index contributed by atoms with van der Waals surface area (Å²) in [6.45, 7) is 2.14. The van der Waals surface area contributed by atoms with Crippen LogP contribution in [0.4, 0.5) is 5.13 Å². The van der Waals surface area contributed by atoms with Crippen LogP contribution in [0.5, 0.6) is 0 Å². The summed E-state index contributed by atoms with van der Waals surface area (Å²) < 4.78 is 0. The van der Waals surface area contributed by atoms with Gasteiger partial charge < -0.3 is 5.32 Å². The number of piperidine rings is 1. The van der Waals surface area contributed by atoms with Crippen molar-refractivity contribution < 1.29 is 4.79 Å². The van der Waals surface area contributed by atoms with E-state index in [1.807, 2.05) is 23.0 Å². The van der Waals surface area contributed by atoms with Gasteiger partial charge in [-0.2, -0.15) is 11.3 Å². The van der Waals surface area contributed by atoms with E-state index in [-0.39, 0.29) is 5.91 Å². The number of aromatic nitrogens is 1. The number of thiazole rings is 1. The molecule has 0 bridgehead atoms. The summed E-state index contributed by atoms with van der Waals surface area (Å²) >= 11 is 3.12. The first-order valence-electron chi connectivity index (χ1n) is 6.33. The molecular formula is C13H15N3OS2. The molecule has 0 radical (unpaired) electrons. The van der Waals surface area contributed by atoms with Gasteiger partial charge in [0.2, 0.25) is 0 Å². The Hall–Kier alpha value is -1.24. The van der Waals surface area contributed by atoms with Gasteiger partial charge in [0.25, 0.3) is 5.91 Å². The second kappa shape index (κ2) is 5.81. The molecule has 100 valence electrons. The van der Waals surface area contributed by atoms with Crippen molar-refractivity contribution in [3.63, 3.8) is 0 Å². The van der Waals surface area contributed by atoms with Crippen molar-refractivity contribution in [1.29, 1.82) is 0 Å². The van der Waals surface area contributed by atoms with Gasteiger partial charge in [-0.05, 0) is 43.3 Å². The molecule has 3 rings (SSSR count). The second-order valence-corrected chi connectivity index (χ2v) is 6.40. The van der Waals surface area contributed by atoms with Gasteiger partial charge in [-0.1, -0.05) is 0 Å². The van der Waals surface area contributed by atoms with E-state index in [1.165, 1.54) is 16.2 Å². The zero-order valence-electron chi connectivity index (χ0n) is 10.4. The number of carbonyl (C=O) groups excluding carboxylic acids is 1. The standard InChI is InChI=1S/C13H15N3OS2/c17-12(10-3-6-18-8-10)16-13-15-7-11(19-13)9-1-4-14-5-2-9/h3,6-9,14H,1-2,4-5H2,(H,15,16,17). The van der Waals surface area contributed by atoms with Crippen molar-refractivity contribution in [3.8, 4) is 0 Å². The molecule has 1 aliphatic rings. The van der Waals surface area contributed by atoms with Crippen LogP contribution in [-0.4, -0.2) is 24.0 Å². The fourth-order valence-electron chi connectivity index (χ4n) is 2.20. The van der Waals surface area contributed by atoms with E-state index in [0.29, 0.717) is 16.6 Å². The van der Waals surface area contributed by atoms with Crippen LogP contribution in [0.25, 0.3) is 0 Å². The van der Waals surface area contributed by atoms with Crippen LogP contribution in [0.2, 0.25) is 0 Å². The van der Waals surface area contributed by atoms with Gasteiger partial charge in [0, 0.05) is 16.5 Å². The molecule has 3 heterocycles. The topological polar surface area (TPSA) is 54.0 Å². The van der Waals surface area contributed by atoms with Crippen LogP contribution < -0.4 is 10.6 Å². The highest BCUT2D eigenvalue weighted by molar-refractivity contribution is 7.15. The molecule has 0 spiro atoms. The van der Waals surface area contributed by atoms with Crippen molar-refractivity contribution in [2.24, 2.45) is 0 Å². The summed E-state index contributed by atoms with van der Waals surface area (Å²) in [5.41, 5.74) is 0.698. The summed E-state index contributed by atoms with van der Waals surface area (Å²) in [7, 11) is 0. The maximum Gasteiger partial charge on any atom is 0.258 e. The lowest BCUT2D eigenvalue weighted by Crippen LogP contribution is -2.26. The first-order valence-corrected chi connectivity index (χ1v) is 8.09. The highest BCUT2D eigenvalue weighted by Gasteiger charge is 2.18. The van der Waals surface area contributed by atoms with Crippen molar-refractivity contribution in [2.45, 2.75) is 18.8 Å². The fraction of sp³-hybridized carbons (Fsp3) is 0.385. The molecule has 0 aliphatic carbocycles. The minimum atomic E-state index is -0.0764. The lowest BCUT2D eigenvalue weighted by molar-refractivity contribution is 0.102. The van der Waals surface area contributed by atoms with Gasteiger partial charge >= 0.3 is 0 Å². The summed E-state index contributed by atoms with van der Waals surface area (Å²) in [6, 6.07) is 1.82. The molecule has 0 atom stereocenters. The molecule has 1 aliphatic heterocycles. The third-order valence-electron chi connectivity index (χ3n) is 3.27. The van der Waals surface area contributed by atoms with E-state index >= 15 is 0 Å². The highest BCUT2D eigenvalue weighted by Crippen LogP contribution is 2.31. The monoisotopic (exact) mass is 293 g/mol. The Bertz CT molecular complexity index is 544. The summed E-state index contributed by atoms with van der Waals surface area (Å²) in [5, 5.41) is 10.7. The first kappa shape index (κ1) is 12.8. The second-order valence-electron chi connectivity index (χ2n) is 4.56. The van der Waals surface area contributed by atoms with Gasteiger partial charge in [0.1, 0.15) is 0 Å². The molecule has 0 unspecified atom stereocenters. The normalized spacial score (nSPS) is 16.4. The third kappa shape index (κ3) is 3.02. The van der Waals surface area contributed by atoms with E-state index in [0.717, 1.165) is 25.9 Å². The van der Waals surface area contributed by atoms with Crippen molar-refractivity contribution in [3.05, 3.63) is 33.5 Å². The number of thiophene rings is 1. The van der Waals surface area contributed by atoms with E-state index in [9.17, 15) is 4.79 Å². The molecule has 19 heavy (non-hydrogen) atoms. The smallest absolute Gasteiger partial charge is 0.258 e. The lowest BCUT2D eigenvalue weighted by Gasteiger charge is -2.20. The zero-order valence-corrected chi connectivity index (χ0v) is 12.0. The molecule has 6 heteroatoms. The van der Waals surface area contributed by atoms with E-state index in [4.69, 9.17) is 0 Å². The van der Waals surface area contributed by atoms with Crippen LogP contribution >= 0.6 is 22.7 Å². The summed E-state index contributed by atoms with van der Waals surface area (Å²) in [5.74, 6) is 0.512. The van der Waals surface area contributed by atoms with Gasteiger partial charge in [0.05, 0.1) is 5.56 Å². The molecule has 4 nitrogen and oxygen atoms in total. The minimum Gasteiger partial charge on any atom is -0.317 e. The predicted octanol–water partition coefficient (Wildman–Crippen LogP) is 2.92. The Morgan fingerprint density at radius 2 is 2.26 bits per heavy atom. The van der Waals surface area contributed by atoms with Crippen LogP contribution in [0.3, 0.4) is 0 Å². The third-order valence-corrected chi connectivity index (χ3v) is 5.03. The molecule has 1 amide bonds. The van der Waals surface area contributed by atoms with Gasteiger partial charge in [0.15, 0.2) is 5.13 Å². The molecule has 1 saturated heterocycles. The van der Waals surface area contributed by atoms with Crippen molar-refractivity contribution >= 4 is 33.7 Å². The number of amides is 1. The summed E-state index contributed by atoms with van der Waals surface area (Å²) in [6.07, 6.45) is 4.21. The van der Waals surface area contributed by atoms with Gasteiger partial charge in [-0.15, -0.1) is 11.3 Å². The van der Waals surface area contributed by atoms with E-state index < -0.39 is 0 Å². The SMILES string of the molecule is O=C(Nc1ncc(C2CCNCC2)s1)c1ccsc1. The number of carbonyl (C=O) groups is 1. The Labute approximate surface area is 119 Å². The Morgan fingerprint density at radius 1 is 1.42 bits per heavy atom. The molecule has 2 aromatic rings. The quantitative estimate of drug-likeness (QED) is 0.915. The number of anilines is 1. The number of hydrogen-bond acceptors (Lipinski definition) is 5. The number of hydrogen-bond donors (Lipinski definition) is 2. The molecule has 0 saturated carbocycles. The fourth-order valence-corrected chi connectivity index (χ4v) is 3.82. The van der Waals surface area contributed by atoms with Crippen LogP contribution in [0.1, 0.15) is 34.0 Å². The van der Waals surface area contributed by atoms with E-state index in [2.05, 4.69) is 15.6 Å². The predicted molar refractivity (Wildman–Crippen MR) is 79.2 cm³/mol. The maximum absolute atomic E-state index is 11.9. The lowest BCUT2D eigenvalue weighted by atomic mass is 9.97. The molecular weight excluding hydrogens is 278 g/mol. The van der Waals surface area contributed by atoms with Gasteiger partial charge in [-0.3, -0.25) is 10.1 Å². The highest BCUT2D eigenvalue weighted by atomic mass is 32.1. The molecule has 1 fully saturated rings. The first-order chi connectivity index (χ1) is 9.33. The van der Waals surface area contributed by atoms with Gasteiger partial charge in [-0.25, -0.2) is 4.98 Å². The average Bonchev–Trinajstić information content (AvgIpc) is 3.11. The Kier molecular flexibility index (Phi) is 3.91. The van der Waals surface area contributed by atoms with Crippen molar-refractivity contribution in [1.82, 2.24) is 10.3 Å². The minimum absolute atomic E-state index is 0.0764. The number of rotatable bonds is 3. The van der Waals surface area contributed by atoms with Crippen LogP contribution in [0.15, 0.2) is 23.0 Å². The average molecular weight is 293 g/mol. The van der Waals surface area contributed by atoms with Crippen LogP contribution in [0, 0.1) is 0 Å². The molecule has 2 aromatic heterocycles. The Balaban J connectivity index is 1.66. The maximum atomic E-state index is 11.9. The number of nitrogens with zero attached hydrogens (tertiary/aromatic N) is 1.